The highest BCUT2D eigenvalue weighted by atomic mass is 35.5. The van der Waals surface area contributed by atoms with Crippen LogP contribution >= 0.6 is 22.9 Å². The molecule has 0 aliphatic rings. The van der Waals surface area contributed by atoms with Crippen LogP contribution in [0.4, 0.5) is 0 Å². The third-order valence-corrected chi connectivity index (χ3v) is 4.45. The molecule has 1 N–H and O–H groups in total. The van der Waals surface area contributed by atoms with E-state index in [1.807, 2.05) is 24.4 Å². The number of benzene rings is 1. The fraction of sp³-hybridized carbons (Fsp3) is 0.312. The molecule has 110 valence electrons. The maximum Gasteiger partial charge on any atom is 0.193 e. The van der Waals surface area contributed by atoms with Crippen molar-refractivity contribution in [3.05, 3.63) is 58.3 Å². The summed E-state index contributed by atoms with van der Waals surface area (Å²) in [6, 6.07) is 8.32. The molecule has 0 bridgehead atoms. The van der Waals surface area contributed by atoms with Gasteiger partial charge in [-0.1, -0.05) is 30.7 Å². The number of fused-ring (bicyclic) bond motifs is 1. The van der Waals surface area contributed by atoms with E-state index in [4.69, 9.17) is 11.6 Å². The van der Waals surface area contributed by atoms with Crippen LogP contribution in [0.5, 0.6) is 0 Å². The van der Waals surface area contributed by atoms with Crippen LogP contribution in [0.1, 0.15) is 30.6 Å². The summed E-state index contributed by atoms with van der Waals surface area (Å²) in [6.07, 6.45) is 6.13. The SMILES string of the molecule is CCCNC(Cc1cn2ccsc2n1)c1cccc(Cl)c1. The zero-order valence-electron chi connectivity index (χ0n) is 11.9. The van der Waals surface area contributed by atoms with Gasteiger partial charge in [0.2, 0.25) is 0 Å². The van der Waals surface area contributed by atoms with E-state index in [1.54, 1.807) is 11.3 Å². The second-order valence-electron chi connectivity index (χ2n) is 5.09. The van der Waals surface area contributed by atoms with Crippen LogP contribution in [-0.2, 0) is 6.42 Å². The Hall–Kier alpha value is -1.36. The summed E-state index contributed by atoms with van der Waals surface area (Å²) in [4.78, 5) is 5.72. The Morgan fingerprint density at radius 3 is 3.10 bits per heavy atom. The largest absolute Gasteiger partial charge is 0.310 e. The average molecular weight is 320 g/mol. The molecule has 21 heavy (non-hydrogen) atoms. The lowest BCUT2D eigenvalue weighted by atomic mass is 10.0. The number of nitrogens with zero attached hydrogens (tertiary/aromatic N) is 2. The van der Waals surface area contributed by atoms with Crippen LogP contribution in [0.15, 0.2) is 42.0 Å². The number of halogens is 1. The fourth-order valence-electron chi connectivity index (χ4n) is 2.43. The third kappa shape index (κ3) is 3.46. The second-order valence-corrected chi connectivity index (χ2v) is 6.40. The van der Waals surface area contributed by atoms with Crippen LogP contribution in [-0.4, -0.2) is 15.9 Å². The average Bonchev–Trinajstić information content (AvgIpc) is 3.04. The minimum atomic E-state index is 0.244. The number of rotatable bonds is 6. The molecule has 0 amide bonds. The Balaban J connectivity index is 1.83. The molecule has 1 unspecified atom stereocenters. The van der Waals surface area contributed by atoms with Gasteiger partial charge in [0, 0.05) is 35.3 Å². The van der Waals surface area contributed by atoms with Gasteiger partial charge in [-0.15, -0.1) is 11.3 Å². The van der Waals surface area contributed by atoms with Crippen LogP contribution in [0.2, 0.25) is 5.02 Å². The maximum atomic E-state index is 6.13. The molecular weight excluding hydrogens is 302 g/mol. The van der Waals surface area contributed by atoms with Gasteiger partial charge in [0.15, 0.2) is 4.96 Å². The highest BCUT2D eigenvalue weighted by Gasteiger charge is 2.14. The van der Waals surface area contributed by atoms with Crippen LogP contribution in [0, 0.1) is 0 Å². The van der Waals surface area contributed by atoms with Crippen molar-refractivity contribution in [1.82, 2.24) is 14.7 Å². The molecule has 0 aliphatic heterocycles. The molecule has 3 nitrogen and oxygen atoms in total. The summed E-state index contributed by atoms with van der Waals surface area (Å²) in [7, 11) is 0. The van der Waals surface area contributed by atoms with Gasteiger partial charge >= 0.3 is 0 Å². The van der Waals surface area contributed by atoms with E-state index in [0.717, 1.165) is 35.1 Å². The molecule has 3 rings (SSSR count). The minimum absolute atomic E-state index is 0.244. The lowest BCUT2D eigenvalue weighted by molar-refractivity contribution is 0.525. The molecule has 2 heterocycles. The summed E-state index contributed by atoms with van der Waals surface area (Å²) in [5, 5.41) is 6.42. The standard InChI is InChI=1S/C16H18ClN3S/c1-2-6-18-15(12-4-3-5-13(17)9-12)10-14-11-20-7-8-21-16(20)19-14/h3-5,7-9,11,15,18H,2,6,10H2,1H3. The van der Waals surface area contributed by atoms with Gasteiger partial charge in [-0.25, -0.2) is 4.98 Å². The van der Waals surface area contributed by atoms with Crippen LogP contribution < -0.4 is 5.32 Å². The summed E-state index contributed by atoms with van der Waals surface area (Å²) in [5.74, 6) is 0. The van der Waals surface area contributed by atoms with E-state index < -0.39 is 0 Å². The predicted molar refractivity (Wildman–Crippen MR) is 89.3 cm³/mol. The van der Waals surface area contributed by atoms with E-state index in [0.29, 0.717) is 0 Å². The molecule has 0 saturated heterocycles. The highest BCUT2D eigenvalue weighted by Crippen LogP contribution is 2.22. The van der Waals surface area contributed by atoms with E-state index in [1.165, 1.54) is 5.56 Å². The van der Waals surface area contributed by atoms with E-state index in [2.05, 4.69) is 39.3 Å². The lowest BCUT2D eigenvalue weighted by Gasteiger charge is -2.18. The summed E-state index contributed by atoms with van der Waals surface area (Å²) < 4.78 is 2.08. The topological polar surface area (TPSA) is 29.3 Å². The fourth-order valence-corrected chi connectivity index (χ4v) is 3.35. The maximum absolute atomic E-state index is 6.13. The Bertz CT molecular complexity index is 690. The number of aromatic nitrogens is 2. The number of nitrogens with one attached hydrogen (secondary N) is 1. The zero-order valence-corrected chi connectivity index (χ0v) is 13.5. The van der Waals surface area contributed by atoms with Gasteiger partial charge < -0.3 is 5.32 Å². The van der Waals surface area contributed by atoms with Crippen molar-refractivity contribution in [2.45, 2.75) is 25.8 Å². The molecule has 0 fully saturated rings. The minimum Gasteiger partial charge on any atom is -0.310 e. The van der Waals surface area contributed by atoms with Crippen LogP contribution in [0.25, 0.3) is 4.96 Å². The summed E-state index contributed by atoms with van der Waals surface area (Å²) in [5.41, 5.74) is 2.32. The highest BCUT2D eigenvalue weighted by molar-refractivity contribution is 7.15. The number of thiazole rings is 1. The van der Waals surface area contributed by atoms with Crippen molar-refractivity contribution >= 4 is 27.9 Å². The first-order chi connectivity index (χ1) is 10.3. The summed E-state index contributed by atoms with van der Waals surface area (Å²) in [6.45, 7) is 3.16. The molecule has 5 heteroatoms. The molecule has 0 aliphatic carbocycles. The van der Waals surface area contributed by atoms with Gasteiger partial charge in [0.25, 0.3) is 0 Å². The molecule has 3 aromatic rings. The number of hydrogen-bond acceptors (Lipinski definition) is 3. The van der Waals surface area contributed by atoms with Crippen molar-refractivity contribution in [2.75, 3.05) is 6.54 Å². The monoisotopic (exact) mass is 319 g/mol. The van der Waals surface area contributed by atoms with Crippen molar-refractivity contribution in [3.8, 4) is 0 Å². The molecule has 2 aromatic heterocycles. The van der Waals surface area contributed by atoms with Gasteiger partial charge in [0.1, 0.15) is 0 Å². The number of imidazole rings is 1. The van der Waals surface area contributed by atoms with E-state index in [-0.39, 0.29) is 6.04 Å². The zero-order chi connectivity index (χ0) is 14.7. The van der Waals surface area contributed by atoms with Crippen molar-refractivity contribution in [2.24, 2.45) is 0 Å². The van der Waals surface area contributed by atoms with Gasteiger partial charge in [-0.3, -0.25) is 4.40 Å². The second kappa shape index (κ2) is 6.60. The third-order valence-electron chi connectivity index (χ3n) is 3.45. The number of hydrogen-bond donors (Lipinski definition) is 1. The molecule has 1 atom stereocenters. The van der Waals surface area contributed by atoms with Gasteiger partial charge in [-0.2, -0.15) is 0 Å². The Labute approximate surface area is 133 Å². The van der Waals surface area contributed by atoms with E-state index in [9.17, 15) is 0 Å². The molecule has 0 radical (unpaired) electrons. The van der Waals surface area contributed by atoms with Crippen molar-refractivity contribution in [1.29, 1.82) is 0 Å². The molecule has 1 aromatic carbocycles. The van der Waals surface area contributed by atoms with Gasteiger partial charge in [-0.05, 0) is 30.7 Å². The van der Waals surface area contributed by atoms with Crippen molar-refractivity contribution in [3.63, 3.8) is 0 Å². The van der Waals surface area contributed by atoms with E-state index >= 15 is 0 Å². The predicted octanol–water partition coefficient (Wildman–Crippen LogP) is 4.33. The Morgan fingerprint density at radius 2 is 2.33 bits per heavy atom. The van der Waals surface area contributed by atoms with Crippen LogP contribution in [0.3, 0.4) is 0 Å². The Morgan fingerprint density at radius 1 is 1.43 bits per heavy atom. The lowest BCUT2D eigenvalue weighted by Crippen LogP contribution is -2.24. The first-order valence-corrected chi connectivity index (χ1v) is 8.42. The first kappa shape index (κ1) is 14.6. The first-order valence-electron chi connectivity index (χ1n) is 7.16. The molecule has 0 saturated carbocycles. The summed E-state index contributed by atoms with van der Waals surface area (Å²) >= 11 is 7.79. The normalized spacial score (nSPS) is 12.9. The van der Waals surface area contributed by atoms with Crippen molar-refractivity contribution < 1.29 is 0 Å². The molecular formula is C16H18ClN3S. The molecule has 0 spiro atoms. The smallest absolute Gasteiger partial charge is 0.193 e. The Kier molecular flexibility index (Phi) is 4.58. The quantitative estimate of drug-likeness (QED) is 0.732. The van der Waals surface area contributed by atoms with Gasteiger partial charge in [0.05, 0.1) is 5.69 Å².